The van der Waals surface area contributed by atoms with E-state index in [1.807, 2.05) is 0 Å². The van der Waals surface area contributed by atoms with Crippen molar-refractivity contribution in [2.45, 2.75) is 60.2 Å². The van der Waals surface area contributed by atoms with Crippen LogP contribution >= 0.6 is 0 Å². The van der Waals surface area contributed by atoms with Crippen LogP contribution in [0, 0.1) is 0 Å². The van der Waals surface area contributed by atoms with E-state index in [9.17, 15) is 83.4 Å². The van der Waals surface area contributed by atoms with Crippen molar-refractivity contribution in [1.29, 1.82) is 0 Å². The predicted molar refractivity (Wildman–Crippen MR) is 83.5 cm³/mol. The number of hydrogen-bond donors (Lipinski definition) is 1. The molecule has 1 rings (SSSR count). The van der Waals surface area contributed by atoms with Gasteiger partial charge in [-0.3, -0.25) is 0 Å². The Morgan fingerprint density at radius 2 is 0.789 bits per heavy atom. The first-order chi connectivity index (χ1) is 16.5. The number of hydrogen-bond acceptors (Lipinski definition) is 2. The van der Waals surface area contributed by atoms with E-state index in [-0.39, 0.29) is 24.1 Å². The Bertz CT molecular complexity index is 964. The summed E-state index contributed by atoms with van der Waals surface area (Å²) in [6, 6.07) is 1.86. The first kappa shape index (κ1) is 33.7. The lowest BCUT2D eigenvalue weighted by molar-refractivity contribution is -0.476. The third-order valence-electron chi connectivity index (χ3n) is 4.66. The summed E-state index contributed by atoms with van der Waals surface area (Å²) in [7, 11) is 0. The lowest BCUT2D eigenvalue weighted by atomic mass is 9.88. The van der Waals surface area contributed by atoms with E-state index in [1.54, 1.807) is 0 Å². The van der Waals surface area contributed by atoms with Crippen LogP contribution in [0.5, 0.6) is 5.75 Å². The molecule has 0 bridgehead atoms. The Hall–Kier alpha value is -2.35. The van der Waals surface area contributed by atoms with Gasteiger partial charge in [-0.2, -0.15) is 83.4 Å². The molecule has 222 valence electrons. The SMILES string of the molecule is OCCc1ccc(OC(F)(F)C(F)(F)C(F)(F)C(F)(F)C(F)(F)C(F)(F)C(F)(F)C(F)(F)C(F)(F)F)cc1. The summed E-state index contributed by atoms with van der Waals surface area (Å²) in [6.45, 7) is -0.581. The third kappa shape index (κ3) is 4.67. The highest BCUT2D eigenvalue weighted by molar-refractivity contribution is 5.28. The first-order valence-electron chi connectivity index (χ1n) is 8.99. The van der Waals surface area contributed by atoms with Crippen LogP contribution in [0.15, 0.2) is 24.3 Å². The number of alkyl halides is 19. The number of halogens is 19. The molecule has 0 spiro atoms. The fraction of sp³-hybridized carbons (Fsp3) is 0.647. The zero-order valence-corrected chi connectivity index (χ0v) is 17.3. The minimum Gasteiger partial charge on any atom is -0.428 e. The van der Waals surface area contributed by atoms with E-state index in [0.29, 0.717) is 12.1 Å². The number of benzene rings is 1. The molecule has 0 aliphatic carbocycles. The lowest BCUT2D eigenvalue weighted by Gasteiger charge is -2.43. The number of aliphatic hydroxyl groups is 1. The van der Waals surface area contributed by atoms with Gasteiger partial charge in [0, 0.05) is 6.61 Å². The molecule has 1 N–H and O–H groups in total. The molecular formula is C17H9F19O2. The quantitative estimate of drug-likeness (QED) is 0.270. The van der Waals surface area contributed by atoms with Gasteiger partial charge in [-0.05, 0) is 24.1 Å². The molecule has 0 saturated carbocycles. The maximum absolute atomic E-state index is 13.8. The molecule has 0 radical (unpaired) electrons. The second kappa shape index (κ2) is 9.39. The summed E-state index contributed by atoms with van der Waals surface area (Å²) in [5, 5.41) is 8.64. The predicted octanol–water partition coefficient (Wildman–Crippen LogP) is 7.20. The summed E-state index contributed by atoms with van der Waals surface area (Å²) < 4.78 is 255. The standard InChI is InChI=1S/C17H9F19O2/c18-9(19,10(20,21)12(24,25)14(28,29)16(32,33)34)11(22,23)13(26,27)15(30,31)17(35,36)38-8-3-1-7(2-4-8)5-6-37/h1-4,37H,5-6H2. The van der Waals surface area contributed by atoms with Gasteiger partial charge in [0.25, 0.3) is 0 Å². The molecule has 0 atom stereocenters. The van der Waals surface area contributed by atoms with Crippen LogP contribution in [0.4, 0.5) is 83.4 Å². The van der Waals surface area contributed by atoms with E-state index < -0.39 is 66.1 Å². The first-order valence-corrected chi connectivity index (χ1v) is 8.99. The smallest absolute Gasteiger partial charge is 0.428 e. The molecule has 21 heteroatoms. The molecule has 1 aromatic rings. The zero-order valence-electron chi connectivity index (χ0n) is 17.3. The Morgan fingerprint density at radius 3 is 1.11 bits per heavy atom. The number of aliphatic hydroxyl groups excluding tert-OH is 1. The molecule has 0 heterocycles. The largest absolute Gasteiger partial charge is 0.471 e. The summed E-state index contributed by atoms with van der Waals surface area (Å²) >= 11 is 0. The molecule has 0 saturated heterocycles. The average Bonchev–Trinajstić information content (AvgIpc) is 2.73. The van der Waals surface area contributed by atoms with Gasteiger partial charge in [-0.1, -0.05) is 12.1 Å². The van der Waals surface area contributed by atoms with E-state index in [0.717, 1.165) is 0 Å². The van der Waals surface area contributed by atoms with Gasteiger partial charge in [0.1, 0.15) is 5.75 Å². The van der Waals surface area contributed by atoms with Crippen LogP contribution in [-0.4, -0.2) is 65.5 Å². The van der Waals surface area contributed by atoms with E-state index in [2.05, 4.69) is 4.74 Å². The Labute approximate surface area is 196 Å². The summed E-state index contributed by atoms with van der Waals surface area (Å²) in [4.78, 5) is 0. The molecule has 38 heavy (non-hydrogen) atoms. The highest BCUT2D eigenvalue weighted by Gasteiger charge is 2.97. The van der Waals surface area contributed by atoms with Crippen LogP contribution in [0.2, 0.25) is 0 Å². The Morgan fingerprint density at radius 1 is 0.474 bits per heavy atom. The van der Waals surface area contributed by atoms with Crippen LogP contribution in [0.1, 0.15) is 5.56 Å². The van der Waals surface area contributed by atoms with Crippen molar-refractivity contribution < 1.29 is 93.3 Å². The van der Waals surface area contributed by atoms with E-state index >= 15 is 0 Å². The summed E-state index contributed by atoms with van der Waals surface area (Å²) in [5.74, 6) is -62.2. The molecule has 0 unspecified atom stereocenters. The summed E-state index contributed by atoms with van der Waals surface area (Å²) in [6.07, 6.45) is -15.2. The van der Waals surface area contributed by atoms with Gasteiger partial charge in [0.2, 0.25) is 0 Å². The second-order valence-corrected chi connectivity index (χ2v) is 7.25. The monoisotopic (exact) mass is 606 g/mol. The van der Waals surface area contributed by atoms with E-state index in [1.165, 1.54) is 0 Å². The van der Waals surface area contributed by atoms with Crippen molar-refractivity contribution in [3.05, 3.63) is 29.8 Å². The molecule has 2 nitrogen and oxygen atoms in total. The van der Waals surface area contributed by atoms with E-state index in [4.69, 9.17) is 5.11 Å². The molecule has 0 aliphatic rings. The normalized spacial score (nSPS) is 15.6. The minimum absolute atomic E-state index is 0.0326. The van der Waals surface area contributed by atoms with Gasteiger partial charge < -0.3 is 9.84 Å². The Balaban J connectivity index is 3.59. The topological polar surface area (TPSA) is 29.5 Å². The average molecular weight is 606 g/mol. The van der Waals surface area contributed by atoms with Crippen LogP contribution < -0.4 is 4.74 Å². The molecule has 0 amide bonds. The maximum Gasteiger partial charge on any atom is 0.471 e. The van der Waals surface area contributed by atoms with Crippen molar-refractivity contribution in [2.24, 2.45) is 0 Å². The molecule has 1 aromatic carbocycles. The fourth-order valence-electron chi connectivity index (χ4n) is 2.41. The van der Waals surface area contributed by atoms with Crippen LogP contribution in [-0.2, 0) is 6.42 Å². The molecular weight excluding hydrogens is 597 g/mol. The van der Waals surface area contributed by atoms with Crippen molar-refractivity contribution in [2.75, 3.05) is 6.61 Å². The van der Waals surface area contributed by atoms with Gasteiger partial charge in [-0.25, -0.2) is 0 Å². The molecule has 0 aromatic heterocycles. The van der Waals surface area contributed by atoms with Crippen LogP contribution in [0.25, 0.3) is 0 Å². The number of ether oxygens (including phenoxy) is 1. The zero-order chi connectivity index (χ0) is 30.6. The van der Waals surface area contributed by atoms with Gasteiger partial charge in [-0.15, -0.1) is 0 Å². The highest BCUT2D eigenvalue weighted by Crippen LogP contribution is 2.65. The third-order valence-corrected chi connectivity index (χ3v) is 4.66. The minimum atomic E-state index is -8.98. The van der Waals surface area contributed by atoms with Crippen molar-refractivity contribution in [3.63, 3.8) is 0 Å². The highest BCUT2D eigenvalue weighted by atomic mass is 19.4. The van der Waals surface area contributed by atoms with Crippen molar-refractivity contribution in [1.82, 2.24) is 0 Å². The van der Waals surface area contributed by atoms with Gasteiger partial charge >= 0.3 is 53.7 Å². The van der Waals surface area contributed by atoms with Gasteiger partial charge in [0.15, 0.2) is 0 Å². The van der Waals surface area contributed by atoms with Gasteiger partial charge in [0.05, 0.1) is 0 Å². The Kier molecular flexibility index (Phi) is 8.32. The molecule has 0 fully saturated rings. The lowest BCUT2D eigenvalue weighted by Crippen LogP contribution is -2.76. The molecule has 0 aliphatic heterocycles. The van der Waals surface area contributed by atoms with Crippen molar-refractivity contribution >= 4 is 0 Å². The fourth-order valence-corrected chi connectivity index (χ4v) is 2.41. The second-order valence-electron chi connectivity index (χ2n) is 7.25. The summed E-state index contributed by atoms with van der Waals surface area (Å²) in [5.41, 5.74) is 0.0326. The van der Waals surface area contributed by atoms with Crippen molar-refractivity contribution in [3.8, 4) is 5.75 Å². The van der Waals surface area contributed by atoms with Crippen LogP contribution in [0.3, 0.4) is 0 Å². The maximum atomic E-state index is 13.8. The number of rotatable bonds is 11.